The first-order valence-electron chi connectivity index (χ1n) is 5.02. The van der Waals surface area contributed by atoms with Gasteiger partial charge in [0.25, 0.3) is 0 Å². The van der Waals surface area contributed by atoms with Gasteiger partial charge in [0.15, 0.2) is 11.6 Å². The zero-order valence-corrected chi connectivity index (χ0v) is 9.15. The van der Waals surface area contributed by atoms with Gasteiger partial charge >= 0.3 is 0 Å². The molecular formula is C13H8F2N2O. The lowest BCUT2D eigenvalue weighted by molar-refractivity contribution is 0.440. The number of nitrogens with zero attached hydrogens (tertiary/aromatic N) is 1. The molecule has 0 fully saturated rings. The summed E-state index contributed by atoms with van der Waals surface area (Å²) in [7, 11) is 0. The molecular weight excluding hydrogens is 238 g/mol. The lowest BCUT2D eigenvalue weighted by Crippen LogP contribution is -1.93. The summed E-state index contributed by atoms with van der Waals surface area (Å²) in [6.07, 6.45) is 0. The third kappa shape index (κ3) is 2.38. The number of nitriles is 1. The molecule has 0 aromatic heterocycles. The molecule has 0 bridgehead atoms. The van der Waals surface area contributed by atoms with Gasteiger partial charge in [0, 0.05) is 11.8 Å². The molecule has 0 spiro atoms. The largest absolute Gasteiger partial charge is 0.453 e. The monoisotopic (exact) mass is 246 g/mol. The number of hydrogen-bond acceptors (Lipinski definition) is 3. The van der Waals surface area contributed by atoms with E-state index in [1.54, 1.807) is 6.07 Å². The first-order valence-corrected chi connectivity index (χ1v) is 5.02. The molecule has 0 heterocycles. The number of benzene rings is 2. The lowest BCUT2D eigenvalue weighted by atomic mass is 10.2. The van der Waals surface area contributed by atoms with Crippen molar-refractivity contribution in [2.45, 2.75) is 0 Å². The highest BCUT2D eigenvalue weighted by atomic mass is 19.1. The van der Waals surface area contributed by atoms with E-state index in [1.165, 1.54) is 18.2 Å². The maximum atomic E-state index is 13.5. The Balaban J connectivity index is 2.37. The molecule has 2 aromatic carbocycles. The van der Waals surface area contributed by atoms with Crippen molar-refractivity contribution in [3.05, 3.63) is 53.6 Å². The number of anilines is 1. The molecule has 3 nitrogen and oxygen atoms in total. The highest BCUT2D eigenvalue weighted by Crippen LogP contribution is 2.28. The minimum absolute atomic E-state index is 0.00812. The third-order valence-corrected chi connectivity index (χ3v) is 2.24. The van der Waals surface area contributed by atoms with Crippen molar-refractivity contribution in [1.29, 1.82) is 5.26 Å². The predicted molar refractivity (Wildman–Crippen MR) is 62.0 cm³/mol. The fourth-order valence-electron chi connectivity index (χ4n) is 1.40. The van der Waals surface area contributed by atoms with Crippen molar-refractivity contribution in [3.63, 3.8) is 0 Å². The first kappa shape index (κ1) is 11.9. The van der Waals surface area contributed by atoms with Crippen molar-refractivity contribution in [2.75, 3.05) is 5.73 Å². The number of ether oxygens (including phenoxy) is 1. The van der Waals surface area contributed by atoms with Crippen LogP contribution < -0.4 is 10.5 Å². The molecule has 0 saturated carbocycles. The van der Waals surface area contributed by atoms with E-state index >= 15 is 0 Å². The smallest absolute Gasteiger partial charge is 0.167 e. The van der Waals surface area contributed by atoms with Gasteiger partial charge in [-0.25, -0.2) is 8.78 Å². The summed E-state index contributed by atoms with van der Waals surface area (Å²) in [5, 5.41) is 8.82. The molecule has 0 unspecified atom stereocenters. The second-order valence-corrected chi connectivity index (χ2v) is 3.54. The molecule has 2 N–H and O–H groups in total. The fourth-order valence-corrected chi connectivity index (χ4v) is 1.40. The Morgan fingerprint density at radius 2 is 1.78 bits per heavy atom. The average molecular weight is 246 g/mol. The van der Waals surface area contributed by atoms with E-state index in [0.29, 0.717) is 0 Å². The Bertz CT molecular complexity index is 635. The van der Waals surface area contributed by atoms with Crippen LogP contribution in [0.2, 0.25) is 0 Å². The molecule has 0 aliphatic heterocycles. The quantitative estimate of drug-likeness (QED) is 0.827. The van der Waals surface area contributed by atoms with Gasteiger partial charge in [-0.2, -0.15) is 5.26 Å². The lowest BCUT2D eigenvalue weighted by Gasteiger charge is -2.08. The Kier molecular flexibility index (Phi) is 3.11. The van der Waals surface area contributed by atoms with Crippen molar-refractivity contribution in [3.8, 4) is 17.6 Å². The highest BCUT2D eigenvalue weighted by molar-refractivity contribution is 5.48. The summed E-state index contributed by atoms with van der Waals surface area (Å²) < 4.78 is 31.6. The predicted octanol–water partition coefficient (Wildman–Crippen LogP) is 3.21. The second-order valence-electron chi connectivity index (χ2n) is 3.54. The molecule has 18 heavy (non-hydrogen) atoms. The zero-order valence-electron chi connectivity index (χ0n) is 9.15. The van der Waals surface area contributed by atoms with Crippen LogP contribution in [0, 0.1) is 23.0 Å². The van der Waals surface area contributed by atoms with Gasteiger partial charge < -0.3 is 10.5 Å². The average Bonchev–Trinajstić information content (AvgIpc) is 2.34. The van der Waals surface area contributed by atoms with E-state index in [2.05, 4.69) is 0 Å². The minimum Gasteiger partial charge on any atom is -0.453 e. The Morgan fingerprint density at radius 3 is 2.44 bits per heavy atom. The van der Waals surface area contributed by atoms with Gasteiger partial charge in [0.2, 0.25) is 0 Å². The molecule has 2 aromatic rings. The van der Waals surface area contributed by atoms with Crippen LogP contribution in [-0.4, -0.2) is 0 Å². The molecule has 0 radical (unpaired) electrons. The van der Waals surface area contributed by atoms with Crippen LogP contribution in [0.15, 0.2) is 36.4 Å². The normalized spacial score (nSPS) is 9.83. The summed E-state index contributed by atoms with van der Waals surface area (Å²) >= 11 is 0. The van der Waals surface area contributed by atoms with Crippen LogP contribution in [0.4, 0.5) is 14.5 Å². The van der Waals surface area contributed by atoms with Crippen LogP contribution in [0.3, 0.4) is 0 Å². The van der Waals surface area contributed by atoms with E-state index in [4.69, 9.17) is 15.7 Å². The third-order valence-electron chi connectivity index (χ3n) is 2.24. The summed E-state index contributed by atoms with van der Waals surface area (Å²) in [6.45, 7) is 0. The Hall–Kier alpha value is -2.61. The van der Waals surface area contributed by atoms with Crippen LogP contribution in [0.1, 0.15) is 5.56 Å². The number of nitrogen functional groups attached to an aromatic ring is 1. The van der Waals surface area contributed by atoms with Crippen LogP contribution >= 0.6 is 0 Å². The highest BCUT2D eigenvalue weighted by Gasteiger charge is 2.09. The maximum Gasteiger partial charge on any atom is 0.167 e. The minimum atomic E-state index is -0.650. The number of rotatable bonds is 2. The van der Waals surface area contributed by atoms with Crippen LogP contribution in [-0.2, 0) is 0 Å². The van der Waals surface area contributed by atoms with Crippen molar-refractivity contribution in [2.24, 2.45) is 0 Å². The van der Waals surface area contributed by atoms with Crippen LogP contribution in [0.5, 0.6) is 11.5 Å². The Labute approximate surface area is 102 Å². The fraction of sp³-hybridized carbons (Fsp3) is 0. The molecule has 0 saturated heterocycles. The maximum absolute atomic E-state index is 13.5. The number of nitrogens with two attached hydrogens (primary N) is 1. The Morgan fingerprint density at radius 1 is 1.06 bits per heavy atom. The first-order chi connectivity index (χ1) is 8.60. The van der Waals surface area contributed by atoms with Crippen molar-refractivity contribution >= 4 is 5.69 Å². The topological polar surface area (TPSA) is 59.0 Å². The summed E-state index contributed by atoms with van der Waals surface area (Å²) in [4.78, 5) is 0. The molecule has 0 amide bonds. The van der Waals surface area contributed by atoms with E-state index in [-0.39, 0.29) is 22.7 Å². The van der Waals surface area contributed by atoms with Crippen molar-refractivity contribution in [1.82, 2.24) is 0 Å². The van der Waals surface area contributed by atoms with Gasteiger partial charge in [-0.3, -0.25) is 0 Å². The van der Waals surface area contributed by atoms with Crippen LogP contribution in [0.25, 0.3) is 0 Å². The van der Waals surface area contributed by atoms with E-state index < -0.39 is 11.6 Å². The molecule has 90 valence electrons. The van der Waals surface area contributed by atoms with E-state index in [1.807, 2.05) is 0 Å². The summed E-state index contributed by atoms with van der Waals surface area (Å²) in [5.74, 6) is -1.20. The van der Waals surface area contributed by atoms with Crippen molar-refractivity contribution < 1.29 is 13.5 Å². The molecule has 0 atom stereocenters. The molecule has 5 heteroatoms. The standard InChI is InChI=1S/C13H8F2N2O/c14-9-1-3-12(8(5-9)7-16)18-13-4-2-10(17)6-11(13)15/h1-6H,17H2. The zero-order chi connectivity index (χ0) is 13.1. The van der Waals surface area contributed by atoms with Gasteiger partial charge in [0.05, 0.1) is 5.56 Å². The summed E-state index contributed by atoms with van der Waals surface area (Å²) in [5.41, 5.74) is 5.65. The second kappa shape index (κ2) is 4.72. The summed E-state index contributed by atoms with van der Waals surface area (Å²) in [6, 6.07) is 9.10. The molecule has 2 rings (SSSR count). The number of halogens is 2. The van der Waals surface area contributed by atoms with E-state index in [0.717, 1.165) is 18.2 Å². The van der Waals surface area contributed by atoms with Gasteiger partial charge in [0.1, 0.15) is 17.6 Å². The number of hydrogen-bond donors (Lipinski definition) is 1. The van der Waals surface area contributed by atoms with Gasteiger partial charge in [-0.15, -0.1) is 0 Å². The van der Waals surface area contributed by atoms with Gasteiger partial charge in [-0.05, 0) is 30.3 Å². The molecule has 0 aliphatic carbocycles. The van der Waals surface area contributed by atoms with E-state index in [9.17, 15) is 8.78 Å². The van der Waals surface area contributed by atoms with Gasteiger partial charge in [-0.1, -0.05) is 0 Å². The molecule has 0 aliphatic rings. The SMILES string of the molecule is N#Cc1cc(F)ccc1Oc1ccc(N)cc1F.